The number of hydrogen-bond acceptors (Lipinski definition) is 5. The van der Waals surface area contributed by atoms with Crippen LogP contribution >= 0.6 is 22.7 Å². The molecule has 2 heterocycles. The Kier molecular flexibility index (Phi) is 4.03. The first kappa shape index (κ1) is 14.2. The number of thiazole rings is 1. The molecule has 6 heteroatoms. The van der Waals surface area contributed by atoms with Gasteiger partial charge >= 0.3 is 0 Å². The number of rotatable bonds is 4. The molecule has 0 radical (unpaired) electrons. The van der Waals surface area contributed by atoms with E-state index in [1.54, 1.807) is 37.6 Å². The van der Waals surface area contributed by atoms with Crippen LogP contribution in [0.3, 0.4) is 0 Å². The molecule has 2 aromatic heterocycles. The highest BCUT2D eigenvalue weighted by molar-refractivity contribution is 7.20. The predicted molar refractivity (Wildman–Crippen MR) is 78.7 cm³/mol. The van der Waals surface area contributed by atoms with Gasteiger partial charge < -0.3 is 10.0 Å². The van der Waals surface area contributed by atoms with Crippen molar-refractivity contribution in [2.75, 3.05) is 13.6 Å². The second-order valence-electron chi connectivity index (χ2n) is 4.99. The van der Waals surface area contributed by atoms with E-state index in [9.17, 15) is 9.90 Å². The summed E-state index contributed by atoms with van der Waals surface area (Å²) in [6.45, 7) is 3.63. The molecule has 1 amide bonds. The lowest BCUT2D eigenvalue weighted by molar-refractivity contribution is 0.0365. The lowest BCUT2D eigenvalue weighted by Crippen LogP contribution is -2.39. The molecule has 102 valence electrons. The summed E-state index contributed by atoms with van der Waals surface area (Å²) in [6.07, 6.45) is 0. The van der Waals surface area contributed by atoms with Gasteiger partial charge in [-0.05, 0) is 25.3 Å². The van der Waals surface area contributed by atoms with Crippen molar-refractivity contribution in [2.24, 2.45) is 0 Å². The molecule has 0 atom stereocenters. The first-order valence-electron chi connectivity index (χ1n) is 5.84. The minimum absolute atomic E-state index is 0.166. The molecule has 2 aromatic rings. The van der Waals surface area contributed by atoms with E-state index in [1.165, 1.54) is 16.2 Å². The zero-order chi connectivity index (χ0) is 14.0. The van der Waals surface area contributed by atoms with E-state index in [0.29, 0.717) is 5.69 Å². The van der Waals surface area contributed by atoms with Crippen LogP contribution in [-0.2, 0) is 0 Å². The zero-order valence-electron chi connectivity index (χ0n) is 11.1. The van der Waals surface area contributed by atoms with Gasteiger partial charge in [-0.2, -0.15) is 0 Å². The van der Waals surface area contributed by atoms with Crippen LogP contribution in [0.4, 0.5) is 0 Å². The van der Waals surface area contributed by atoms with Crippen LogP contribution in [0.5, 0.6) is 0 Å². The second kappa shape index (κ2) is 5.40. The molecule has 1 N–H and O–H groups in total. The fourth-order valence-corrected chi connectivity index (χ4v) is 3.34. The smallest absolute Gasteiger partial charge is 0.273 e. The van der Waals surface area contributed by atoms with Crippen molar-refractivity contribution in [3.05, 3.63) is 28.6 Å². The molecule has 2 rings (SSSR count). The van der Waals surface area contributed by atoms with Crippen LogP contribution in [0.25, 0.3) is 9.88 Å². The molecule has 0 spiro atoms. The molecule has 0 bridgehead atoms. The van der Waals surface area contributed by atoms with Crippen molar-refractivity contribution < 1.29 is 9.90 Å². The maximum Gasteiger partial charge on any atom is 0.273 e. The Labute approximate surface area is 120 Å². The second-order valence-corrected chi connectivity index (χ2v) is 6.79. The standard InChI is InChI=1S/C13H16N2O2S2/c1-13(2,17)8-15(3)12(16)9-7-19-11(14-9)10-5-4-6-18-10/h4-7,17H,8H2,1-3H3. The molecule has 0 saturated carbocycles. The SMILES string of the molecule is CN(CC(C)(C)O)C(=O)c1csc(-c2cccs2)n1. The Morgan fingerprint density at radius 2 is 2.21 bits per heavy atom. The van der Waals surface area contributed by atoms with E-state index in [4.69, 9.17) is 0 Å². The minimum atomic E-state index is -0.906. The molecular formula is C13H16N2O2S2. The van der Waals surface area contributed by atoms with Crippen molar-refractivity contribution in [2.45, 2.75) is 19.4 Å². The van der Waals surface area contributed by atoms with Crippen LogP contribution in [0, 0.1) is 0 Å². The van der Waals surface area contributed by atoms with E-state index in [2.05, 4.69) is 4.98 Å². The molecule has 0 aliphatic carbocycles. The molecular weight excluding hydrogens is 280 g/mol. The average Bonchev–Trinajstić information content (AvgIpc) is 2.96. The summed E-state index contributed by atoms with van der Waals surface area (Å²) >= 11 is 3.06. The minimum Gasteiger partial charge on any atom is -0.389 e. The van der Waals surface area contributed by atoms with E-state index in [1.807, 2.05) is 17.5 Å². The Hall–Kier alpha value is -1.24. The number of thiophene rings is 1. The van der Waals surface area contributed by atoms with Gasteiger partial charge in [0.1, 0.15) is 10.7 Å². The molecule has 0 aliphatic heterocycles. The van der Waals surface area contributed by atoms with Gasteiger partial charge in [0.15, 0.2) is 0 Å². The number of hydrogen-bond donors (Lipinski definition) is 1. The highest BCUT2D eigenvalue weighted by Gasteiger charge is 2.22. The van der Waals surface area contributed by atoms with Crippen molar-refractivity contribution in [1.29, 1.82) is 0 Å². The van der Waals surface area contributed by atoms with Crippen molar-refractivity contribution >= 4 is 28.6 Å². The lowest BCUT2D eigenvalue weighted by Gasteiger charge is -2.24. The fourth-order valence-electron chi connectivity index (χ4n) is 1.73. The summed E-state index contributed by atoms with van der Waals surface area (Å²) in [7, 11) is 1.67. The Morgan fingerprint density at radius 1 is 1.47 bits per heavy atom. The molecule has 0 aliphatic rings. The van der Waals surface area contributed by atoms with Crippen LogP contribution in [-0.4, -0.2) is 40.1 Å². The Morgan fingerprint density at radius 3 is 2.79 bits per heavy atom. The van der Waals surface area contributed by atoms with Crippen LogP contribution in [0.15, 0.2) is 22.9 Å². The fraction of sp³-hybridized carbons (Fsp3) is 0.385. The van der Waals surface area contributed by atoms with Crippen molar-refractivity contribution in [3.8, 4) is 9.88 Å². The van der Waals surface area contributed by atoms with Crippen LogP contribution < -0.4 is 0 Å². The first-order valence-corrected chi connectivity index (χ1v) is 7.60. The first-order chi connectivity index (χ1) is 8.87. The molecule has 0 aromatic carbocycles. The van der Waals surface area contributed by atoms with E-state index < -0.39 is 5.60 Å². The number of likely N-dealkylation sites (N-methyl/N-ethyl adjacent to an activating group) is 1. The third kappa shape index (κ3) is 3.62. The van der Waals surface area contributed by atoms with Gasteiger partial charge in [0, 0.05) is 19.0 Å². The maximum atomic E-state index is 12.2. The van der Waals surface area contributed by atoms with E-state index >= 15 is 0 Å². The van der Waals surface area contributed by atoms with Crippen molar-refractivity contribution in [1.82, 2.24) is 9.88 Å². The normalized spacial score (nSPS) is 11.6. The van der Waals surface area contributed by atoms with Crippen LogP contribution in [0.1, 0.15) is 24.3 Å². The van der Waals surface area contributed by atoms with Gasteiger partial charge in [-0.3, -0.25) is 4.79 Å². The lowest BCUT2D eigenvalue weighted by atomic mass is 10.1. The largest absolute Gasteiger partial charge is 0.389 e. The summed E-state index contributed by atoms with van der Waals surface area (Å²) in [5.41, 5.74) is -0.475. The Bertz CT molecular complexity index is 555. The number of carbonyl (C=O) groups is 1. The number of amides is 1. The maximum absolute atomic E-state index is 12.2. The van der Waals surface area contributed by atoms with Crippen molar-refractivity contribution in [3.63, 3.8) is 0 Å². The van der Waals surface area contributed by atoms with E-state index in [0.717, 1.165) is 9.88 Å². The number of aromatic nitrogens is 1. The molecule has 0 fully saturated rings. The third-order valence-corrected chi connectivity index (χ3v) is 4.31. The number of carbonyl (C=O) groups excluding carboxylic acids is 1. The average molecular weight is 296 g/mol. The topological polar surface area (TPSA) is 53.4 Å². The molecule has 0 saturated heterocycles. The summed E-state index contributed by atoms with van der Waals surface area (Å²) < 4.78 is 0. The zero-order valence-corrected chi connectivity index (χ0v) is 12.7. The molecule has 4 nitrogen and oxygen atoms in total. The summed E-state index contributed by atoms with van der Waals surface area (Å²) in [4.78, 5) is 19.1. The summed E-state index contributed by atoms with van der Waals surface area (Å²) in [5.74, 6) is -0.166. The Balaban J connectivity index is 2.12. The van der Waals surface area contributed by atoms with Gasteiger partial charge in [-0.15, -0.1) is 22.7 Å². The van der Waals surface area contributed by atoms with Crippen LogP contribution in [0.2, 0.25) is 0 Å². The number of aliphatic hydroxyl groups is 1. The van der Waals surface area contributed by atoms with Gasteiger partial charge in [-0.1, -0.05) is 6.07 Å². The summed E-state index contributed by atoms with van der Waals surface area (Å²) in [6, 6.07) is 3.95. The third-order valence-electron chi connectivity index (χ3n) is 2.43. The quantitative estimate of drug-likeness (QED) is 0.944. The summed E-state index contributed by atoms with van der Waals surface area (Å²) in [5, 5.41) is 14.3. The van der Waals surface area contributed by atoms with Gasteiger partial charge in [0.25, 0.3) is 5.91 Å². The monoisotopic (exact) mass is 296 g/mol. The van der Waals surface area contributed by atoms with E-state index in [-0.39, 0.29) is 12.5 Å². The van der Waals surface area contributed by atoms with Gasteiger partial charge in [-0.25, -0.2) is 4.98 Å². The molecule has 0 unspecified atom stereocenters. The van der Waals surface area contributed by atoms with Gasteiger partial charge in [0.05, 0.1) is 10.5 Å². The highest BCUT2D eigenvalue weighted by Crippen LogP contribution is 2.28. The number of nitrogens with zero attached hydrogens (tertiary/aromatic N) is 2. The predicted octanol–water partition coefficient (Wildman–Crippen LogP) is 2.71. The van der Waals surface area contributed by atoms with Gasteiger partial charge in [0.2, 0.25) is 0 Å². The highest BCUT2D eigenvalue weighted by atomic mass is 32.1. The molecule has 19 heavy (non-hydrogen) atoms.